The van der Waals surface area contributed by atoms with Crippen LogP contribution in [0.4, 0.5) is 0 Å². The van der Waals surface area contributed by atoms with Crippen LogP contribution >= 0.6 is 0 Å². The van der Waals surface area contributed by atoms with E-state index in [1.54, 1.807) is 4.90 Å². The maximum atomic E-state index is 13.9. The van der Waals surface area contributed by atoms with Gasteiger partial charge in [-0.25, -0.2) is 0 Å². The van der Waals surface area contributed by atoms with Gasteiger partial charge in [0.2, 0.25) is 11.8 Å². The predicted molar refractivity (Wildman–Crippen MR) is 161 cm³/mol. The second-order valence-electron chi connectivity index (χ2n) is 10.2. The van der Waals surface area contributed by atoms with E-state index in [4.69, 9.17) is 9.47 Å². The Balaban J connectivity index is 1.90. The van der Waals surface area contributed by atoms with Gasteiger partial charge in [0, 0.05) is 25.4 Å². The molecular formula is C34H44N2O4. The summed E-state index contributed by atoms with van der Waals surface area (Å²) in [6.45, 7) is 11.4. The number of amides is 2. The molecule has 0 aliphatic rings. The van der Waals surface area contributed by atoms with Crippen LogP contribution in [-0.2, 0) is 29.0 Å². The fraction of sp³-hybridized carbons (Fsp3) is 0.412. The Morgan fingerprint density at radius 3 is 2.12 bits per heavy atom. The van der Waals surface area contributed by atoms with Crippen molar-refractivity contribution in [2.75, 3.05) is 13.2 Å². The zero-order valence-electron chi connectivity index (χ0n) is 24.6. The fourth-order valence-corrected chi connectivity index (χ4v) is 4.53. The van der Waals surface area contributed by atoms with Gasteiger partial charge in [-0.3, -0.25) is 9.59 Å². The van der Waals surface area contributed by atoms with Crippen LogP contribution in [0.15, 0.2) is 72.8 Å². The van der Waals surface area contributed by atoms with Crippen LogP contribution in [0.5, 0.6) is 11.5 Å². The van der Waals surface area contributed by atoms with Gasteiger partial charge in [-0.05, 0) is 69.4 Å². The van der Waals surface area contributed by atoms with Crippen molar-refractivity contribution in [3.63, 3.8) is 0 Å². The van der Waals surface area contributed by atoms with Gasteiger partial charge in [0.05, 0.1) is 13.2 Å². The van der Waals surface area contributed by atoms with Crippen molar-refractivity contribution in [1.82, 2.24) is 10.2 Å². The van der Waals surface area contributed by atoms with E-state index in [0.29, 0.717) is 44.1 Å². The highest BCUT2D eigenvalue weighted by molar-refractivity contribution is 5.88. The highest BCUT2D eigenvalue weighted by Crippen LogP contribution is 2.29. The number of ether oxygens (including phenoxy) is 2. The van der Waals surface area contributed by atoms with Crippen molar-refractivity contribution >= 4 is 11.8 Å². The number of nitrogens with zero attached hydrogens (tertiary/aromatic N) is 1. The van der Waals surface area contributed by atoms with Gasteiger partial charge >= 0.3 is 0 Å². The minimum absolute atomic E-state index is 0.0166. The topological polar surface area (TPSA) is 67.9 Å². The van der Waals surface area contributed by atoms with Crippen LogP contribution in [0.1, 0.15) is 62.8 Å². The Morgan fingerprint density at radius 1 is 0.825 bits per heavy atom. The molecule has 214 valence electrons. The first-order valence-electron chi connectivity index (χ1n) is 14.4. The smallest absolute Gasteiger partial charge is 0.243 e. The molecule has 3 aromatic carbocycles. The van der Waals surface area contributed by atoms with E-state index in [-0.39, 0.29) is 24.3 Å². The maximum Gasteiger partial charge on any atom is 0.243 e. The van der Waals surface area contributed by atoms with Crippen molar-refractivity contribution < 1.29 is 19.1 Å². The summed E-state index contributed by atoms with van der Waals surface area (Å²) in [5.74, 6) is 1.19. The van der Waals surface area contributed by atoms with Crippen molar-refractivity contribution in [3.8, 4) is 11.5 Å². The molecule has 0 spiro atoms. The summed E-state index contributed by atoms with van der Waals surface area (Å²) in [6, 6.07) is 23.2. The Kier molecular flexibility index (Phi) is 12.1. The number of aryl methyl sites for hydroxylation is 2. The first-order valence-corrected chi connectivity index (χ1v) is 14.4. The lowest BCUT2D eigenvalue weighted by Crippen LogP contribution is -2.52. The van der Waals surface area contributed by atoms with E-state index in [0.717, 1.165) is 28.7 Å². The van der Waals surface area contributed by atoms with E-state index in [1.165, 1.54) is 0 Å². The van der Waals surface area contributed by atoms with Crippen LogP contribution < -0.4 is 14.8 Å². The Hall–Kier alpha value is -3.80. The minimum atomic E-state index is -0.635. The molecule has 0 saturated carbocycles. The van der Waals surface area contributed by atoms with E-state index in [1.807, 2.05) is 107 Å². The molecule has 2 atom stereocenters. The predicted octanol–water partition coefficient (Wildman–Crippen LogP) is 6.28. The number of carbonyl (C=O) groups is 2. The lowest BCUT2D eigenvalue weighted by Gasteiger charge is -2.32. The van der Waals surface area contributed by atoms with Gasteiger partial charge in [-0.15, -0.1) is 0 Å². The molecule has 3 rings (SSSR count). The second-order valence-corrected chi connectivity index (χ2v) is 10.2. The maximum absolute atomic E-state index is 13.9. The number of carbonyl (C=O) groups excluding carboxylic acids is 2. The Morgan fingerprint density at radius 2 is 1.48 bits per heavy atom. The quantitative estimate of drug-likeness (QED) is 0.245. The molecule has 0 bridgehead atoms. The van der Waals surface area contributed by atoms with Crippen LogP contribution in [0.25, 0.3) is 0 Å². The zero-order valence-corrected chi connectivity index (χ0v) is 24.6. The summed E-state index contributed by atoms with van der Waals surface area (Å²) in [4.78, 5) is 29.4. The van der Waals surface area contributed by atoms with E-state index >= 15 is 0 Å². The van der Waals surface area contributed by atoms with Gasteiger partial charge in [0.15, 0.2) is 11.5 Å². The average molecular weight is 545 g/mol. The van der Waals surface area contributed by atoms with E-state index < -0.39 is 6.04 Å². The molecule has 6 heteroatoms. The number of nitrogens with one attached hydrogen (secondary N) is 1. The molecule has 0 saturated heterocycles. The molecule has 0 unspecified atom stereocenters. The molecule has 6 nitrogen and oxygen atoms in total. The standard InChI is InChI=1S/C34H44N2O4/c1-6-26(5)35-34(38)30(22-27-12-10-9-11-13-27)36(24-29-16-14-25(4)15-17-29)33(37)21-19-28-18-20-31(39-7-2)32(23-28)40-8-3/h9-18,20,23,26,30H,6-8,19,21-22,24H2,1-5H3,(H,35,38)/t26-,30-/m1/s1. The van der Waals surface area contributed by atoms with Crippen LogP contribution in [-0.4, -0.2) is 42.0 Å². The van der Waals surface area contributed by atoms with Gasteiger partial charge in [0.25, 0.3) is 0 Å². The molecular weight excluding hydrogens is 500 g/mol. The van der Waals surface area contributed by atoms with Crippen LogP contribution in [0.3, 0.4) is 0 Å². The first-order chi connectivity index (χ1) is 19.3. The molecule has 2 amide bonds. The lowest BCUT2D eigenvalue weighted by atomic mass is 10.0. The third kappa shape index (κ3) is 9.15. The number of benzene rings is 3. The number of rotatable bonds is 15. The summed E-state index contributed by atoms with van der Waals surface area (Å²) in [6.07, 6.45) is 2.06. The van der Waals surface area contributed by atoms with Crippen molar-refractivity contribution in [1.29, 1.82) is 0 Å². The third-order valence-electron chi connectivity index (χ3n) is 6.98. The van der Waals surface area contributed by atoms with Crippen LogP contribution in [0.2, 0.25) is 0 Å². The number of hydrogen-bond acceptors (Lipinski definition) is 4. The van der Waals surface area contributed by atoms with Gasteiger partial charge in [-0.1, -0.05) is 73.2 Å². The Bertz CT molecular complexity index is 1210. The molecule has 0 aromatic heterocycles. The third-order valence-corrected chi connectivity index (χ3v) is 6.98. The SMILES string of the molecule is CCOc1ccc(CCC(=O)N(Cc2ccc(C)cc2)[C@H](Cc2ccccc2)C(=O)N[C@H](C)CC)cc1OCC. The van der Waals surface area contributed by atoms with Gasteiger partial charge < -0.3 is 19.7 Å². The monoisotopic (exact) mass is 544 g/mol. The zero-order chi connectivity index (χ0) is 28.9. The highest BCUT2D eigenvalue weighted by Gasteiger charge is 2.30. The average Bonchev–Trinajstić information content (AvgIpc) is 2.96. The molecule has 0 radical (unpaired) electrons. The minimum Gasteiger partial charge on any atom is -0.490 e. The highest BCUT2D eigenvalue weighted by atomic mass is 16.5. The lowest BCUT2D eigenvalue weighted by molar-refractivity contribution is -0.141. The molecule has 3 aromatic rings. The van der Waals surface area contributed by atoms with E-state index in [9.17, 15) is 9.59 Å². The van der Waals surface area contributed by atoms with E-state index in [2.05, 4.69) is 5.32 Å². The van der Waals surface area contributed by atoms with Crippen molar-refractivity contribution in [3.05, 3.63) is 95.1 Å². The molecule has 1 N–H and O–H groups in total. The van der Waals surface area contributed by atoms with Crippen molar-refractivity contribution in [2.45, 2.75) is 78.9 Å². The van der Waals surface area contributed by atoms with Crippen LogP contribution in [0, 0.1) is 6.92 Å². The normalized spacial score (nSPS) is 12.3. The molecule has 0 aliphatic heterocycles. The molecule has 0 aliphatic carbocycles. The second kappa shape index (κ2) is 15.7. The summed E-state index contributed by atoms with van der Waals surface area (Å²) in [5.41, 5.74) is 4.14. The summed E-state index contributed by atoms with van der Waals surface area (Å²) in [5, 5.41) is 3.13. The molecule has 0 fully saturated rings. The molecule has 0 heterocycles. The summed E-state index contributed by atoms with van der Waals surface area (Å²) >= 11 is 0. The number of hydrogen-bond donors (Lipinski definition) is 1. The van der Waals surface area contributed by atoms with Crippen molar-refractivity contribution in [2.24, 2.45) is 0 Å². The summed E-state index contributed by atoms with van der Waals surface area (Å²) < 4.78 is 11.5. The van der Waals surface area contributed by atoms with Gasteiger partial charge in [-0.2, -0.15) is 0 Å². The molecule has 40 heavy (non-hydrogen) atoms. The Labute approximate surface area is 239 Å². The fourth-order valence-electron chi connectivity index (χ4n) is 4.53. The summed E-state index contributed by atoms with van der Waals surface area (Å²) in [7, 11) is 0. The van der Waals surface area contributed by atoms with Gasteiger partial charge in [0.1, 0.15) is 6.04 Å². The first kappa shape index (κ1) is 30.7. The largest absolute Gasteiger partial charge is 0.490 e.